The Bertz CT molecular complexity index is 1350. The molecule has 6 nitrogen and oxygen atoms in total. The molecule has 0 aliphatic carbocycles. The molecule has 0 fully saturated rings. The molecule has 0 bridgehead atoms. The van der Waals surface area contributed by atoms with E-state index in [9.17, 15) is 9.59 Å². The lowest BCUT2D eigenvalue weighted by Gasteiger charge is -2.12. The number of aryl methyl sites for hydroxylation is 1. The van der Waals surface area contributed by atoms with E-state index in [2.05, 4.69) is 0 Å². The lowest BCUT2D eigenvalue weighted by atomic mass is 10.1. The highest BCUT2D eigenvalue weighted by atomic mass is 35.5. The van der Waals surface area contributed by atoms with Gasteiger partial charge in [0.25, 0.3) is 0 Å². The number of esters is 1. The van der Waals surface area contributed by atoms with E-state index < -0.39 is 11.4 Å². The number of carbonyl (C=O) groups is 1. The number of rotatable bonds is 5. The Morgan fingerprint density at radius 1 is 0.906 bits per heavy atom. The molecule has 0 unspecified atom stereocenters. The van der Waals surface area contributed by atoms with Gasteiger partial charge in [-0.15, -0.1) is 0 Å². The second-order valence-electron chi connectivity index (χ2n) is 7.09. The quantitative estimate of drug-likeness (QED) is 0.365. The normalized spacial score (nSPS) is 10.8. The molecule has 0 atom stereocenters. The Morgan fingerprint density at radius 2 is 1.56 bits per heavy atom. The third-order valence-electron chi connectivity index (χ3n) is 4.89. The van der Waals surface area contributed by atoms with Crippen LogP contribution in [0.3, 0.4) is 0 Å². The van der Waals surface area contributed by atoms with Crippen LogP contribution in [0.1, 0.15) is 15.9 Å². The Kier molecular flexibility index (Phi) is 5.88. The molecule has 7 heteroatoms. The van der Waals surface area contributed by atoms with Crippen LogP contribution in [0.25, 0.3) is 22.3 Å². The van der Waals surface area contributed by atoms with Crippen molar-refractivity contribution in [1.29, 1.82) is 0 Å². The maximum atomic E-state index is 13.3. The first kappa shape index (κ1) is 21.5. The summed E-state index contributed by atoms with van der Waals surface area (Å²) in [6, 6.07) is 16.5. The van der Waals surface area contributed by atoms with Crippen LogP contribution < -0.4 is 19.6 Å². The number of halogens is 1. The van der Waals surface area contributed by atoms with Crippen LogP contribution in [0.2, 0.25) is 5.02 Å². The van der Waals surface area contributed by atoms with Gasteiger partial charge in [0, 0.05) is 16.7 Å². The van der Waals surface area contributed by atoms with Crippen molar-refractivity contribution < 1.29 is 23.4 Å². The van der Waals surface area contributed by atoms with Crippen LogP contribution >= 0.6 is 11.6 Å². The summed E-state index contributed by atoms with van der Waals surface area (Å²) >= 11 is 6.01. The molecule has 32 heavy (non-hydrogen) atoms. The molecule has 0 aliphatic rings. The molecular weight excluding hydrogens is 432 g/mol. The summed E-state index contributed by atoms with van der Waals surface area (Å²) in [6.07, 6.45) is 0. The molecule has 0 aliphatic heterocycles. The monoisotopic (exact) mass is 450 g/mol. The number of ether oxygens (including phenoxy) is 3. The van der Waals surface area contributed by atoms with Crippen molar-refractivity contribution in [3.05, 3.63) is 87.0 Å². The Labute approximate surface area is 188 Å². The van der Waals surface area contributed by atoms with E-state index in [1.165, 1.54) is 26.4 Å². The zero-order valence-electron chi connectivity index (χ0n) is 17.6. The molecule has 4 rings (SSSR count). The van der Waals surface area contributed by atoms with Crippen LogP contribution in [0.15, 0.2) is 69.9 Å². The second-order valence-corrected chi connectivity index (χ2v) is 7.52. The number of methoxy groups -OCH3 is 2. The molecule has 0 N–H and O–H groups in total. The van der Waals surface area contributed by atoms with Gasteiger partial charge < -0.3 is 18.6 Å². The maximum absolute atomic E-state index is 13.3. The SMILES string of the molecule is COc1cc(OC)cc(C(=O)Oc2c(-c3ccc(Cl)cc3)oc3cc(C)ccc3c2=O)c1. The van der Waals surface area contributed by atoms with E-state index in [1.807, 2.05) is 6.92 Å². The molecule has 0 saturated heterocycles. The summed E-state index contributed by atoms with van der Waals surface area (Å²) in [5.41, 5.74) is 1.56. The van der Waals surface area contributed by atoms with Crippen LogP contribution in [0.4, 0.5) is 0 Å². The molecule has 0 spiro atoms. The zero-order chi connectivity index (χ0) is 22.8. The Morgan fingerprint density at radius 3 is 2.19 bits per heavy atom. The van der Waals surface area contributed by atoms with Crippen LogP contribution in [-0.4, -0.2) is 20.2 Å². The Hall–Kier alpha value is -3.77. The summed E-state index contributed by atoms with van der Waals surface area (Å²) in [5, 5.41) is 0.828. The van der Waals surface area contributed by atoms with Crippen LogP contribution in [0, 0.1) is 6.92 Å². The lowest BCUT2D eigenvalue weighted by Crippen LogP contribution is -2.16. The van der Waals surface area contributed by atoms with Gasteiger partial charge in [0.1, 0.15) is 17.1 Å². The van der Waals surface area contributed by atoms with E-state index >= 15 is 0 Å². The first-order valence-corrected chi connectivity index (χ1v) is 10.1. The van der Waals surface area contributed by atoms with Crippen LogP contribution in [-0.2, 0) is 0 Å². The Balaban J connectivity index is 1.87. The van der Waals surface area contributed by atoms with Crippen molar-refractivity contribution in [3.63, 3.8) is 0 Å². The predicted octanol–water partition coefficient (Wildman–Crippen LogP) is 5.66. The summed E-state index contributed by atoms with van der Waals surface area (Å²) in [4.78, 5) is 26.3. The lowest BCUT2D eigenvalue weighted by molar-refractivity contribution is 0.0730. The third kappa shape index (κ3) is 4.18. The van der Waals surface area contributed by atoms with Gasteiger partial charge in [0.15, 0.2) is 5.76 Å². The van der Waals surface area contributed by atoms with Gasteiger partial charge in [-0.1, -0.05) is 17.7 Å². The second kappa shape index (κ2) is 8.77. The average molecular weight is 451 g/mol. The highest BCUT2D eigenvalue weighted by Gasteiger charge is 2.22. The molecule has 0 radical (unpaired) electrons. The average Bonchev–Trinajstić information content (AvgIpc) is 2.80. The van der Waals surface area contributed by atoms with Gasteiger partial charge in [0.2, 0.25) is 11.2 Å². The van der Waals surface area contributed by atoms with Gasteiger partial charge in [-0.05, 0) is 61.0 Å². The minimum absolute atomic E-state index is 0.132. The fraction of sp³-hybridized carbons (Fsp3) is 0.120. The van der Waals surface area contributed by atoms with E-state index in [-0.39, 0.29) is 17.1 Å². The highest BCUT2D eigenvalue weighted by molar-refractivity contribution is 6.30. The highest BCUT2D eigenvalue weighted by Crippen LogP contribution is 2.33. The number of hydrogen-bond acceptors (Lipinski definition) is 6. The largest absolute Gasteiger partial charge is 0.497 e. The fourth-order valence-corrected chi connectivity index (χ4v) is 3.37. The minimum Gasteiger partial charge on any atom is -0.497 e. The summed E-state index contributed by atoms with van der Waals surface area (Å²) < 4.78 is 22.1. The van der Waals surface area contributed by atoms with Crippen molar-refractivity contribution >= 4 is 28.5 Å². The van der Waals surface area contributed by atoms with Crippen LogP contribution in [0.5, 0.6) is 17.2 Å². The summed E-state index contributed by atoms with van der Waals surface area (Å²) in [5.74, 6) is -0.00916. The number of carbonyl (C=O) groups excluding carboxylic acids is 1. The van der Waals surface area contributed by atoms with Crippen molar-refractivity contribution in [2.24, 2.45) is 0 Å². The van der Waals surface area contributed by atoms with Gasteiger partial charge in [-0.3, -0.25) is 4.79 Å². The number of fused-ring (bicyclic) bond motifs is 1. The molecular formula is C25H19ClO6. The topological polar surface area (TPSA) is 75.0 Å². The van der Waals surface area contributed by atoms with Crippen molar-refractivity contribution in [2.75, 3.05) is 14.2 Å². The maximum Gasteiger partial charge on any atom is 0.344 e. The number of hydrogen-bond donors (Lipinski definition) is 0. The molecule has 4 aromatic rings. The molecule has 0 amide bonds. The third-order valence-corrected chi connectivity index (χ3v) is 5.15. The van der Waals surface area contributed by atoms with Crippen molar-refractivity contribution in [1.82, 2.24) is 0 Å². The molecule has 1 aromatic heterocycles. The van der Waals surface area contributed by atoms with Crippen molar-refractivity contribution in [2.45, 2.75) is 6.92 Å². The summed E-state index contributed by atoms with van der Waals surface area (Å²) in [6.45, 7) is 1.89. The van der Waals surface area contributed by atoms with E-state index in [1.54, 1.807) is 48.5 Å². The molecule has 0 saturated carbocycles. The van der Waals surface area contributed by atoms with Gasteiger partial charge in [-0.2, -0.15) is 0 Å². The smallest absolute Gasteiger partial charge is 0.344 e. The zero-order valence-corrected chi connectivity index (χ0v) is 18.4. The molecule has 3 aromatic carbocycles. The molecule has 1 heterocycles. The van der Waals surface area contributed by atoms with Gasteiger partial charge in [-0.25, -0.2) is 4.79 Å². The van der Waals surface area contributed by atoms with Gasteiger partial charge in [0.05, 0.1) is 25.2 Å². The number of benzene rings is 3. The first-order chi connectivity index (χ1) is 15.4. The predicted molar refractivity (Wildman–Crippen MR) is 122 cm³/mol. The van der Waals surface area contributed by atoms with E-state index in [4.69, 9.17) is 30.2 Å². The molecule has 162 valence electrons. The van der Waals surface area contributed by atoms with E-state index in [0.29, 0.717) is 33.1 Å². The van der Waals surface area contributed by atoms with Gasteiger partial charge >= 0.3 is 5.97 Å². The van der Waals surface area contributed by atoms with E-state index in [0.717, 1.165) is 5.56 Å². The minimum atomic E-state index is -0.754. The first-order valence-electron chi connectivity index (χ1n) is 9.68. The fourth-order valence-electron chi connectivity index (χ4n) is 3.24. The van der Waals surface area contributed by atoms with Crippen molar-refractivity contribution in [3.8, 4) is 28.6 Å². The summed E-state index contributed by atoms with van der Waals surface area (Å²) in [7, 11) is 2.95. The standard InChI is InChI=1S/C25H19ClO6/c1-14-4-9-20-21(10-14)31-23(15-5-7-17(26)8-6-15)24(22(20)27)32-25(28)16-11-18(29-2)13-19(12-16)30-3/h4-13H,1-3H3.